The molecule has 2 aromatic heterocycles. The first kappa shape index (κ1) is 14.8. The molecule has 1 fully saturated rings. The van der Waals surface area contributed by atoms with Gasteiger partial charge in [-0.3, -0.25) is 0 Å². The van der Waals surface area contributed by atoms with E-state index >= 15 is 0 Å². The molecule has 118 valence electrons. The number of ether oxygens (including phenoxy) is 1. The van der Waals surface area contributed by atoms with E-state index in [4.69, 9.17) is 9.15 Å². The van der Waals surface area contributed by atoms with Crippen LogP contribution < -0.4 is 10.1 Å². The maximum absolute atomic E-state index is 5.61. The third-order valence-electron chi connectivity index (χ3n) is 4.15. The number of hydrogen-bond acceptors (Lipinski definition) is 6. The minimum absolute atomic E-state index is 0.419. The molecular weight excluding hydrogens is 280 g/mol. The van der Waals surface area contributed by atoms with Crippen LogP contribution >= 0.6 is 0 Å². The van der Waals surface area contributed by atoms with Crippen molar-refractivity contribution in [3.8, 4) is 5.75 Å². The lowest BCUT2D eigenvalue weighted by molar-refractivity contribution is 0.407. The van der Waals surface area contributed by atoms with E-state index in [2.05, 4.69) is 20.5 Å². The van der Waals surface area contributed by atoms with E-state index in [1.165, 1.54) is 0 Å². The van der Waals surface area contributed by atoms with Crippen molar-refractivity contribution in [2.45, 2.75) is 45.1 Å². The first-order valence-corrected chi connectivity index (χ1v) is 7.85. The van der Waals surface area contributed by atoms with E-state index in [9.17, 15) is 0 Å². The number of nitrogens with zero attached hydrogens (tertiary/aromatic N) is 3. The molecule has 0 bridgehead atoms. The predicted octanol–water partition coefficient (Wildman–Crippen LogP) is 2.86. The SMILES string of the molecule is CCc1nnc(C[C@@H]2CC[C@H](Nc3ncccc3OC)C2)o1. The van der Waals surface area contributed by atoms with Crippen molar-refractivity contribution in [2.75, 3.05) is 12.4 Å². The first-order chi connectivity index (χ1) is 10.8. The van der Waals surface area contributed by atoms with Crippen molar-refractivity contribution in [3.05, 3.63) is 30.1 Å². The molecule has 6 heteroatoms. The van der Waals surface area contributed by atoms with Crippen molar-refractivity contribution in [2.24, 2.45) is 5.92 Å². The molecule has 6 nitrogen and oxygen atoms in total. The van der Waals surface area contributed by atoms with Crippen LogP contribution in [0.25, 0.3) is 0 Å². The smallest absolute Gasteiger partial charge is 0.216 e. The van der Waals surface area contributed by atoms with Crippen LogP contribution in [0.5, 0.6) is 5.75 Å². The molecule has 2 atom stereocenters. The standard InChI is InChI=1S/C16H22N4O2/c1-3-14-19-20-15(22-14)10-11-6-7-12(9-11)18-16-13(21-2)5-4-8-17-16/h4-5,8,11-12H,3,6-7,9-10H2,1-2H3,(H,17,18)/t11-,12+/m1/s1. The molecule has 0 amide bonds. The maximum atomic E-state index is 5.61. The summed E-state index contributed by atoms with van der Waals surface area (Å²) in [5.41, 5.74) is 0. The van der Waals surface area contributed by atoms with Gasteiger partial charge in [0.25, 0.3) is 0 Å². The number of rotatable bonds is 6. The number of methoxy groups -OCH3 is 1. The molecule has 3 rings (SSSR count). The monoisotopic (exact) mass is 302 g/mol. The van der Waals surface area contributed by atoms with E-state index in [0.29, 0.717) is 12.0 Å². The van der Waals surface area contributed by atoms with Gasteiger partial charge in [0.1, 0.15) is 0 Å². The number of pyridine rings is 1. The molecule has 1 saturated carbocycles. The first-order valence-electron chi connectivity index (χ1n) is 7.85. The Morgan fingerprint density at radius 1 is 1.32 bits per heavy atom. The Labute approximate surface area is 130 Å². The second-order valence-corrected chi connectivity index (χ2v) is 5.72. The van der Waals surface area contributed by atoms with Crippen molar-refractivity contribution >= 4 is 5.82 Å². The van der Waals surface area contributed by atoms with Gasteiger partial charge in [0, 0.05) is 25.1 Å². The molecule has 2 heterocycles. The summed E-state index contributed by atoms with van der Waals surface area (Å²) in [6, 6.07) is 4.22. The number of aryl methyl sites for hydroxylation is 1. The van der Waals surface area contributed by atoms with Gasteiger partial charge < -0.3 is 14.5 Å². The summed E-state index contributed by atoms with van der Waals surface area (Å²) in [6.45, 7) is 2.02. The normalized spacial score (nSPS) is 21.0. The highest BCUT2D eigenvalue weighted by Crippen LogP contribution is 2.32. The van der Waals surface area contributed by atoms with Crippen LogP contribution in [-0.4, -0.2) is 28.3 Å². The minimum atomic E-state index is 0.419. The Balaban J connectivity index is 1.55. The van der Waals surface area contributed by atoms with Gasteiger partial charge in [-0.15, -0.1) is 10.2 Å². The van der Waals surface area contributed by atoms with Gasteiger partial charge >= 0.3 is 0 Å². The summed E-state index contributed by atoms with van der Waals surface area (Å²) < 4.78 is 10.9. The zero-order valence-corrected chi connectivity index (χ0v) is 13.1. The summed E-state index contributed by atoms with van der Waals surface area (Å²) in [6.07, 6.45) is 6.81. The summed E-state index contributed by atoms with van der Waals surface area (Å²) in [5, 5.41) is 11.6. The molecule has 22 heavy (non-hydrogen) atoms. The van der Waals surface area contributed by atoms with Crippen LogP contribution in [0.4, 0.5) is 5.82 Å². The number of aromatic nitrogens is 3. The Morgan fingerprint density at radius 2 is 2.18 bits per heavy atom. The summed E-state index contributed by atoms with van der Waals surface area (Å²) in [7, 11) is 1.67. The van der Waals surface area contributed by atoms with Crippen LogP contribution in [0.15, 0.2) is 22.7 Å². The predicted molar refractivity (Wildman–Crippen MR) is 82.9 cm³/mol. The van der Waals surface area contributed by atoms with Gasteiger partial charge in [0.2, 0.25) is 11.8 Å². The maximum Gasteiger partial charge on any atom is 0.216 e. The third kappa shape index (κ3) is 3.37. The average Bonchev–Trinajstić information content (AvgIpc) is 3.18. The van der Waals surface area contributed by atoms with Crippen LogP contribution in [0, 0.1) is 5.92 Å². The second-order valence-electron chi connectivity index (χ2n) is 5.72. The quantitative estimate of drug-likeness (QED) is 0.884. The van der Waals surface area contributed by atoms with Crippen molar-refractivity contribution in [1.29, 1.82) is 0 Å². The fourth-order valence-corrected chi connectivity index (χ4v) is 3.01. The summed E-state index contributed by atoms with van der Waals surface area (Å²) >= 11 is 0. The molecule has 0 unspecified atom stereocenters. The number of anilines is 1. The largest absolute Gasteiger partial charge is 0.493 e. The van der Waals surface area contributed by atoms with Gasteiger partial charge in [-0.2, -0.15) is 0 Å². The van der Waals surface area contributed by atoms with E-state index in [0.717, 1.165) is 55.5 Å². The molecule has 0 aromatic carbocycles. The van der Waals surface area contributed by atoms with Crippen LogP contribution in [0.1, 0.15) is 38.0 Å². The Kier molecular flexibility index (Phi) is 4.56. The zero-order chi connectivity index (χ0) is 15.4. The highest BCUT2D eigenvalue weighted by molar-refractivity contribution is 5.50. The van der Waals surface area contributed by atoms with Crippen molar-refractivity contribution < 1.29 is 9.15 Å². The van der Waals surface area contributed by atoms with Gasteiger partial charge in [-0.25, -0.2) is 4.98 Å². The molecule has 0 radical (unpaired) electrons. The van der Waals surface area contributed by atoms with Gasteiger partial charge in [0.05, 0.1) is 7.11 Å². The van der Waals surface area contributed by atoms with E-state index in [-0.39, 0.29) is 0 Å². The van der Waals surface area contributed by atoms with E-state index < -0.39 is 0 Å². The van der Waals surface area contributed by atoms with Crippen molar-refractivity contribution in [1.82, 2.24) is 15.2 Å². The zero-order valence-electron chi connectivity index (χ0n) is 13.1. The topological polar surface area (TPSA) is 73.1 Å². The number of nitrogens with one attached hydrogen (secondary N) is 1. The van der Waals surface area contributed by atoms with Gasteiger partial charge in [-0.05, 0) is 37.3 Å². The lowest BCUT2D eigenvalue weighted by Gasteiger charge is -2.15. The third-order valence-corrected chi connectivity index (χ3v) is 4.15. The highest BCUT2D eigenvalue weighted by atomic mass is 16.5. The highest BCUT2D eigenvalue weighted by Gasteiger charge is 2.27. The Hall–Kier alpha value is -2.11. The number of hydrogen-bond donors (Lipinski definition) is 1. The molecule has 1 aliphatic rings. The fourth-order valence-electron chi connectivity index (χ4n) is 3.01. The van der Waals surface area contributed by atoms with Crippen LogP contribution in [-0.2, 0) is 12.8 Å². The van der Waals surface area contributed by atoms with Gasteiger partial charge in [-0.1, -0.05) is 6.92 Å². The lowest BCUT2D eigenvalue weighted by Crippen LogP contribution is -2.17. The van der Waals surface area contributed by atoms with Crippen LogP contribution in [0.2, 0.25) is 0 Å². The lowest BCUT2D eigenvalue weighted by atomic mass is 10.0. The molecule has 2 aromatic rings. The molecule has 0 saturated heterocycles. The Bertz CT molecular complexity index is 614. The van der Waals surface area contributed by atoms with E-state index in [1.807, 2.05) is 19.1 Å². The van der Waals surface area contributed by atoms with Crippen LogP contribution in [0.3, 0.4) is 0 Å². The summed E-state index contributed by atoms with van der Waals surface area (Å²) in [4.78, 5) is 4.36. The molecule has 0 spiro atoms. The second kappa shape index (κ2) is 6.77. The minimum Gasteiger partial charge on any atom is -0.493 e. The Morgan fingerprint density at radius 3 is 2.95 bits per heavy atom. The molecule has 1 N–H and O–H groups in total. The fraction of sp³-hybridized carbons (Fsp3) is 0.562. The molecule has 1 aliphatic carbocycles. The van der Waals surface area contributed by atoms with Crippen molar-refractivity contribution in [3.63, 3.8) is 0 Å². The van der Waals surface area contributed by atoms with Gasteiger partial charge in [0.15, 0.2) is 11.6 Å². The average molecular weight is 302 g/mol. The summed E-state index contributed by atoms with van der Waals surface area (Å²) in [5.74, 6) is 3.67. The molecular formula is C16H22N4O2. The van der Waals surface area contributed by atoms with E-state index in [1.54, 1.807) is 13.3 Å². The molecule has 0 aliphatic heterocycles.